The number of rotatable bonds is 7. The summed E-state index contributed by atoms with van der Waals surface area (Å²) >= 11 is 1.35. The highest BCUT2D eigenvalue weighted by Crippen LogP contribution is 2.29. The third-order valence-corrected chi connectivity index (χ3v) is 4.62. The van der Waals surface area contributed by atoms with Gasteiger partial charge in [0.1, 0.15) is 5.75 Å². The van der Waals surface area contributed by atoms with E-state index in [2.05, 4.69) is 17.2 Å². The number of nitrogens with one attached hydrogen (secondary N) is 1. The van der Waals surface area contributed by atoms with Gasteiger partial charge in [0.05, 0.1) is 21.7 Å². The number of nitrogens with zero attached hydrogens (tertiary/aromatic N) is 2. The number of benzene rings is 2. The smallest absolute Gasteiger partial charge is 0.269 e. The molecule has 0 radical (unpaired) electrons. The van der Waals surface area contributed by atoms with E-state index in [0.717, 1.165) is 28.8 Å². The van der Waals surface area contributed by atoms with Crippen molar-refractivity contribution in [3.05, 3.63) is 58.1 Å². The Kier molecular flexibility index (Phi) is 5.43. The van der Waals surface area contributed by atoms with Crippen LogP contribution < -0.4 is 10.1 Å². The highest BCUT2D eigenvalue weighted by molar-refractivity contribution is 7.22. The second kappa shape index (κ2) is 7.92. The largest absolute Gasteiger partial charge is 0.494 e. The first kappa shape index (κ1) is 17.8. The Morgan fingerprint density at radius 1 is 1.27 bits per heavy atom. The fraction of sp³-hybridized carbons (Fsp3) is 0.222. The van der Waals surface area contributed by atoms with Crippen molar-refractivity contribution in [2.75, 3.05) is 11.9 Å². The van der Waals surface area contributed by atoms with E-state index in [4.69, 9.17) is 4.74 Å². The summed E-state index contributed by atoms with van der Waals surface area (Å²) in [5.41, 5.74) is 1.05. The first-order valence-electron chi connectivity index (χ1n) is 8.16. The summed E-state index contributed by atoms with van der Waals surface area (Å²) in [4.78, 5) is 26.8. The number of carbonyl (C=O) groups is 1. The molecule has 7 nitrogen and oxygen atoms in total. The Morgan fingerprint density at radius 2 is 2.04 bits per heavy atom. The van der Waals surface area contributed by atoms with Gasteiger partial charge in [0.15, 0.2) is 5.13 Å². The number of carbonyl (C=O) groups excluding carboxylic acids is 1. The molecule has 0 atom stereocenters. The van der Waals surface area contributed by atoms with Crippen LogP contribution in [0.5, 0.6) is 5.75 Å². The average Bonchev–Trinajstić information content (AvgIpc) is 3.03. The number of anilines is 1. The van der Waals surface area contributed by atoms with Gasteiger partial charge in [0.2, 0.25) is 0 Å². The van der Waals surface area contributed by atoms with Crippen molar-refractivity contribution in [1.29, 1.82) is 0 Å². The van der Waals surface area contributed by atoms with Gasteiger partial charge in [-0.2, -0.15) is 0 Å². The van der Waals surface area contributed by atoms with Gasteiger partial charge >= 0.3 is 0 Å². The topological polar surface area (TPSA) is 94.4 Å². The Bertz CT molecular complexity index is 937. The SMILES string of the molecule is CCCCOc1ccc2nc(NC(=O)c3ccc([N+](=O)[O-])cc3)sc2c1. The van der Waals surface area contributed by atoms with Gasteiger partial charge in [0, 0.05) is 17.7 Å². The number of aromatic nitrogens is 1. The molecule has 1 N–H and O–H groups in total. The Balaban J connectivity index is 1.71. The van der Waals surface area contributed by atoms with Crippen LogP contribution in [0.15, 0.2) is 42.5 Å². The molecule has 0 saturated carbocycles. The minimum Gasteiger partial charge on any atom is -0.494 e. The molecule has 0 saturated heterocycles. The zero-order valence-corrected chi connectivity index (χ0v) is 14.9. The van der Waals surface area contributed by atoms with E-state index in [1.54, 1.807) is 0 Å². The number of nitro benzene ring substituents is 1. The van der Waals surface area contributed by atoms with Gasteiger partial charge in [-0.15, -0.1) is 0 Å². The average molecular weight is 371 g/mol. The Labute approximate surface area is 153 Å². The molecule has 0 bridgehead atoms. The molecule has 0 fully saturated rings. The van der Waals surface area contributed by atoms with Gasteiger partial charge in [0.25, 0.3) is 11.6 Å². The molecule has 1 amide bonds. The lowest BCUT2D eigenvalue weighted by Crippen LogP contribution is -2.11. The third-order valence-electron chi connectivity index (χ3n) is 3.69. The molecule has 3 aromatic rings. The summed E-state index contributed by atoms with van der Waals surface area (Å²) in [5, 5.41) is 13.9. The lowest BCUT2D eigenvalue weighted by Gasteiger charge is -2.04. The molecule has 134 valence electrons. The van der Waals surface area contributed by atoms with Gasteiger partial charge in [-0.05, 0) is 36.8 Å². The summed E-state index contributed by atoms with van der Waals surface area (Å²) in [6.07, 6.45) is 2.07. The highest BCUT2D eigenvalue weighted by Gasteiger charge is 2.12. The number of unbranched alkanes of at least 4 members (excludes halogenated alkanes) is 1. The van der Waals surface area contributed by atoms with Gasteiger partial charge in [-0.3, -0.25) is 20.2 Å². The normalized spacial score (nSPS) is 10.7. The molecule has 3 rings (SSSR count). The van der Waals surface area contributed by atoms with E-state index in [-0.39, 0.29) is 11.6 Å². The van der Waals surface area contributed by atoms with Crippen LogP contribution in [0.4, 0.5) is 10.8 Å². The molecule has 1 heterocycles. The fourth-order valence-electron chi connectivity index (χ4n) is 2.29. The maximum atomic E-state index is 12.3. The summed E-state index contributed by atoms with van der Waals surface area (Å²) in [5.74, 6) is 0.418. The number of amides is 1. The van der Waals surface area contributed by atoms with Gasteiger partial charge in [-0.1, -0.05) is 24.7 Å². The molecule has 0 aliphatic carbocycles. The summed E-state index contributed by atoms with van der Waals surface area (Å²) in [6.45, 7) is 2.78. The van der Waals surface area contributed by atoms with E-state index >= 15 is 0 Å². The molecule has 8 heteroatoms. The predicted molar refractivity (Wildman–Crippen MR) is 101 cm³/mol. The molecule has 1 aromatic heterocycles. The van der Waals surface area contributed by atoms with E-state index < -0.39 is 4.92 Å². The van der Waals surface area contributed by atoms with E-state index in [1.165, 1.54) is 35.6 Å². The minimum atomic E-state index is -0.505. The van der Waals surface area contributed by atoms with E-state index in [9.17, 15) is 14.9 Å². The van der Waals surface area contributed by atoms with Crippen LogP contribution in [0.2, 0.25) is 0 Å². The molecule has 2 aromatic carbocycles. The lowest BCUT2D eigenvalue weighted by molar-refractivity contribution is -0.384. The van der Waals surface area contributed by atoms with Crippen molar-refractivity contribution in [3.8, 4) is 5.75 Å². The van der Waals surface area contributed by atoms with Crippen LogP contribution in [0.3, 0.4) is 0 Å². The maximum absolute atomic E-state index is 12.3. The zero-order valence-electron chi connectivity index (χ0n) is 14.1. The summed E-state index contributed by atoms with van der Waals surface area (Å²) in [6, 6.07) is 11.1. The number of hydrogen-bond acceptors (Lipinski definition) is 6. The van der Waals surface area contributed by atoms with Gasteiger partial charge < -0.3 is 4.74 Å². The second-order valence-corrected chi connectivity index (χ2v) is 6.64. The first-order chi connectivity index (χ1) is 12.6. The quantitative estimate of drug-likeness (QED) is 0.371. The molecular weight excluding hydrogens is 354 g/mol. The number of non-ortho nitro benzene ring substituents is 1. The van der Waals surface area contributed by atoms with Crippen molar-refractivity contribution in [2.45, 2.75) is 19.8 Å². The summed E-state index contributed by atoms with van der Waals surface area (Å²) < 4.78 is 6.60. The number of thiazole rings is 1. The molecule has 0 spiro atoms. The first-order valence-corrected chi connectivity index (χ1v) is 8.97. The standard InChI is InChI=1S/C18H17N3O4S/c1-2-3-10-25-14-8-9-15-16(11-14)26-18(19-15)20-17(22)12-4-6-13(7-5-12)21(23)24/h4-9,11H,2-3,10H2,1H3,(H,19,20,22). The highest BCUT2D eigenvalue weighted by atomic mass is 32.1. The summed E-state index contributed by atoms with van der Waals surface area (Å²) in [7, 11) is 0. The second-order valence-electron chi connectivity index (χ2n) is 5.61. The lowest BCUT2D eigenvalue weighted by atomic mass is 10.2. The van der Waals surface area contributed by atoms with Crippen molar-refractivity contribution in [3.63, 3.8) is 0 Å². The van der Waals surface area contributed by atoms with Crippen LogP contribution in [0.25, 0.3) is 10.2 Å². The van der Waals surface area contributed by atoms with Crippen LogP contribution in [-0.4, -0.2) is 22.4 Å². The van der Waals surface area contributed by atoms with Crippen molar-refractivity contribution in [1.82, 2.24) is 4.98 Å². The molecule has 0 aliphatic heterocycles. The number of ether oxygens (including phenoxy) is 1. The van der Waals surface area contributed by atoms with E-state index in [1.807, 2.05) is 18.2 Å². The van der Waals surface area contributed by atoms with Crippen molar-refractivity contribution in [2.24, 2.45) is 0 Å². The molecule has 0 aliphatic rings. The van der Waals surface area contributed by atoms with Crippen LogP contribution in [0.1, 0.15) is 30.1 Å². The Hall–Kier alpha value is -3.00. The van der Waals surface area contributed by atoms with Crippen LogP contribution in [-0.2, 0) is 0 Å². The number of nitro groups is 1. The molecule has 0 unspecified atom stereocenters. The van der Waals surface area contributed by atoms with Gasteiger partial charge in [-0.25, -0.2) is 4.98 Å². The molecule has 26 heavy (non-hydrogen) atoms. The van der Waals surface area contributed by atoms with Crippen LogP contribution >= 0.6 is 11.3 Å². The van der Waals surface area contributed by atoms with Crippen molar-refractivity contribution >= 4 is 38.3 Å². The minimum absolute atomic E-state index is 0.0582. The van der Waals surface area contributed by atoms with E-state index in [0.29, 0.717) is 17.3 Å². The Morgan fingerprint density at radius 3 is 2.73 bits per heavy atom. The van der Waals surface area contributed by atoms with Crippen molar-refractivity contribution < 1.29 is 14.5 Å². The number of hydrogen-bond donors (Lipinski definition) is 1. The fourth-order valence-corrected chi connectivity index (χ4v) is 3.18. The predicted octanol–water partition coefficient (Wildman–Crippen LogP) is 4.64. The maximum Gasteiger partial charge on any atom is 0.269 e. The molecular formula is C18H17N3O4S. The monoisotopic (exact) mass is 371 g/mol. The zero-order chi connectivity index (χ0) is 18.5. The van der Waals surface area contributed by atoms with Crippen LogP contribution in [0, 0.1) is 10.1 Å². The number of fused-ring (bicyclic) bond motifs is 1. The third kappa shape index (κ3) is 4.15.